The van der Waals surface area contributed by atoms with Crippen LogP contribution in [0.15, 0.2) is 0 Å². The first-order valence-corrected chi connectivity index (χ1v) is 5.19. The van der Waals surface area contributed by atoms with Gasteiger partial charge < -0.3 is 9.64 Å². The van der Waals surface area contributed by atoms with Gasteiger partial charge in [-0.15, -0.1) is 11.6 Å². The molecule has 2 unspecified atom stereocenters. The van der Waals surface area contributed by atoms with E-state index in [1.165, 1.54) is 0 Å². The molecule has 0 saturated carbocycles. The molecule has 76 valence electrons. The number of halogens is 1. The van der Waals surface area contributed by atoms with E-state index < -0.39 is 0 Å². The smallest absolute Gasteiger partial charge is 0.237 e. The number of carbonyl (C=O) groups excluding carboxylic acids is 1. The highest BCUT2D eigenvalue weighted by Crippen LogP contribution is 2.14. The summed E-state index contributed by atoms with van der Waals surface area (Å²) in [4.78, 5) is 13.3. The number of ether oxygens (including phenoxy) is 1. The summed E-state index contributed by atoms with van der Waals surface area (Å²) in [6.45, 7) is 5.34. The average Bonchev–Trinajstić information content (AvgIpc) is 2.16. The second kappa shape index (κ2) is 4.82. The molecule has 0 aromatic heterocycles. The van der Waals surface area contributed by atoms with E-state index in [1.807, 2.05) is 11.8 Å². The van der Waals surface area contributed by atoms with Crippen LogP contribution in [0.25, 0.3) is 0 Å². The molecule has 1 aliphatic rings. The van der Waals surface area contributed by atoms with Gasteiger partial charge in [-0.2, -0.15) is 0 Å². The van der Waals surface area contributed by atoms with E-state index >= 15 is 0 Å². The first-order chi connectivity index (χ1) is 6.19. The number of carbonyl (C=O) groups is 1. The predicted molar refractivity (Wildman–Crippen MR) is 51.9 cm³/mol. The Hall–Kier alpha value is -0.280. The van der Waals surface area contributed by atoms with Crippen molar-refractivity contribution in [1.82, 2.24) is 4.90 Å². The molecule has 1 saturated heterocycles. The molecule has 1 heterocycles. The maximum Gasteiger partial charge on any atom is 0.237 e. The van der Waals surface area contributed by atoms with Gasteiger partial charge in [0.1, 0.15) is 5.88 Å². The first-order valence-electron chi connectivity index (χ1n) is 4.66. The lowest BCUT2D eigenvalue weighted by molar-refractivity contribution is -0.141. The molecule has 4 heteroatoms. The summed E-state index contributed by atoms with van der Waals surface area (Å²) >= 11 is 5.52. The molecule has 0 bridgehead atoms. The molecular formula is C9H16ClNO2. The fourth-order valence-corrected chi connectivity index (χ4v) is 1.72. The Balaban J connectivity index is 2.59. The number of morpholine rings is 1. The zero-order valence-electron chi connectivity index (χ0n) is 8.12. The van der Waals surface area contributed by atoms with E-state index in [0.29, 0.717) is 13.2 Å². The van der Waals surface area contributed by atoms with Crippen molar-refractivity contribution in [1.29, 1.82) is 0 Å². The summed E-state index contributed by atoms with van der Waals surface area (Å²) in [5.74, 6) is 0.0899. The van der Waals surface area contributed by atoms with Crippen LogP contribution in [0.1, 0.15) is 20.3 Å². The lowest BCUT2D eigenvalue weighted by atomic mass is 10.1. The Morgan fingerprint density at radius 1 is 1.69 bits per heavy atom. The van der Waals surface area contributed by atoms with Crippen LogP contribution in [0.2, 0.25) is 0 Å². The van der Waals surface area contributed by atoms with Crippen molar-refractivity contribution in [3.8, 4) is 0 Å². The molecular weight excluding hydrogens is 190 g/mol. The standard InChI is InChI=1S/C9H16ClNO2/c1-3-8-6-13-7(2)5-11(8)9(12)4-10/h7-8H,3-6H2,1-2H3. The zero-order valence-corrected chi connectivity index (χ0v) is 8.88. The van der Waals surface area contributed by atoms with Crippen molar-refractivity contribution in [2.75, 3.05) is 19.0 Å². The summed E-state index contributed by atoms with van der Waals surface area (Å²) in [7, 11) is 0. The van der Waals surface area contributed by atoms with Gasteiger partial charge in [0.05, 0.1) is 18.8 Å². The van der Waals surface area contributed by atoms with Gasteiger partial charge in [0, 0.05) is 6.54 Å². The Bertz CT molecular complexity index is 186. The average molecular weight is 206 g/mol. The van der Waals surface area contributed by atoms with Crippen LogP contribution in [0, 0.1) is 0 Å². The monoisotopic (exact) mass is 205 g/mol. The van der Waals surface area contributed by atoms with Crippen molar-refractivity contribution >= 4 is 17.5 Å². The van der Waals surface area contributed by atoms with Crippen LogP contribution in [0.5, 0.6) is 0 Å². The third-order valence-corrected chi connectivity index (χ3v) is 2.60. The predicted octanol–water partition coefficient (Wildman–Crippen LogP) is 1.25. The Morgan fingerprint density at radius 3 is 2.92 bits per heavy atom. The van der Waals surface area contributed by atoms with Gasteiger partial charge in [-0.25, -0.2) is 0 Å². The SMILES string of the molecule is CCC1COC(C)CN1C(=O)CCl. The molecule has 0 aromatic rings. The summed E-state index contributed by atoms with van der Waals surface area (Å²) in [6, 6.07) is 0.211. The molecule has 0 aliphatic carbocycles. The van der Waals surface area contributed by atoms with E-state index in [-0.39, 0.29) is 23.9 Å². The fraction of sp³-hybridized carbons (Fsp3) is 0.889. The minimum atomic E-state index is 0.0173. The first kappa shape index (κ1) is 10.8. The maximum absolute atomic E-state index is 11.4. The third kappa shape index (κ3) is 2.58. The molecule has 0 radical (unpaired) electrons. The van der Waals surface area contributed by atoms with Crippen LogP contribution in [0.4, 0.5) is 0 Å². The van der Waals surface area contributed by atoms with Gasteiger partial charge >= 0.3 is 0 Å². The molecule has 1 rings (SSSR count). The number of nitrogens with zero attached hydrogens (tertiary/aromatic N) is 1. The van der Waals surface area contributed by atoms with Gasteiger partial charge in [0.25, 0.3) is 0 Å². The van der Waals surface area contributed by atoms with Gasteiger partial charge in [0.2, 0.25) is 5.91 Å². The lowest BCUT2D eigenvalue weighted by Crippen LogP contribution is -2.51. The lowest BCUT2D eigenvalue weighted by Gasteiger charge is -2.38. The van der Waals surface area contributed by atoms with Crippen molar-refractivity contribution < 1.29 is 9.53 Å². The van der Waals surface area contributed by atoms with E-state index in [1.54, 1.807) is 0 Å². The van der Waals surface area contributed by atoms with Crippen molar-refractivity contribution in [3.63, 3.8) is 0 Å². The molecule has 0 N–H and O–H groups in total. The quantitative estimate of drug-likeness (QED) is 0.636. The summed E-state index contributed by atoms with van der Waals surface area (Å²) < 4.78 is 5.47. The minimum absolute atomic E-state index is 0.0173. The normalized spacial score (nSPS) is 29.0. The largest absolute Gasteiger partial charge is 0.375 e. The van der Waals surface area contributed by atoms with Crippen LogP contribution in [-0.4, -0.2) is 42.0 Å². The molecule has 0 aromatic carbocycles. The number of hydrogen-bond donors (Lipinski definition) is 0. The van der Waals surface area contributed by atoms with Gasteiger partial charge in [0.15, 0.2) is 0 Å². The van der Waals surface area contributed by atoms with Crippen LogP contribution in [-0.2, 0) is 9.53 Å². The Kier molecular flexibility index (Phi) is 4.00. The third-order valence-electron chi connectivity index (χ3n) is 2.37. The minimum Gasteiger partial charge on any atom is -0.375 e. The number of rotatable bonds is 2. The topological polar surface area (TPSA) is 29.5 Å². The van der Waals surface area contributed by atoms with Crippen molar-refractivity contribution in [2.45, 2.75) is 32.4 Å². The second-order valence-corrected chi connectivity index (χ2v) is 3.65. The highest BCUT2D eigenvalue weighted by molar-refractivity contribution is 6.27. The van der Waals surface area contributed by atoms with Crippen LogP contribution in [0.3, 0.4) is 0 Å². The summed E-state index contributed by atoms with van der Waals surface area (Å²) in [5.41, 5.74) is 0. The maximum atomic E-state index is 11.4. The fourth-order valence-electron chi connectivity index (χ4n) is 1.56. The van der Waals surface area contributed by atoms with E-state index in [4.69, 9.17) is 16.3 Å². The number of amides is 1. The number of alkyl halides is 1. The molecule has 1 aliphatic heterocycles. The molecule has 1 amide bonds. The zero-order chi connectivity index (χ0) is 9.84. The second-order valence-electron chi connectivity index (χ2n) is 3.39. The van der Waals surface area contributed by atoms with Crippen LogP contribution < -0.4 is 0 Å². The molecule has 13 heavy (non-hydrogen) atoms. The summed E-state index contributed by atoms with van der Waals surface area (Å²) in [6.07, 6.45) is 1.06. The van der Waals surface area contributed by atoms with Crippen molar-refractivity contribution in [2.24, 2.45) is 0 Å². The van der Waals surface area contributed by atoms with E-state index in [9.17, 15) is 4.79 Å². The summed E-state index contributed by atoms with van der Waals surface area (Å²) in [5, 5.41) is 0. The number of hydrogen-bond acceptors (Lipinski definition) is 2. The highest BCUT2D eigenvalue weighted by atomic mass is 35.5. The van der Waals surface area contributed by atoms with Gasteiger partial charge in [-0.05, 0) is 13.3 Å². The Labute approximate surface area is 84.0 Å². The molecule has 3 nitrogen and oxygen atoms in total. The Morgan fingerprint density at radius 2 is 2.38 bits per heavy atom. The van der Waals surface area contributed by atoms with Crippen LogP contribution >= 0.6 is 11.6 Å². The highest BCUT2D eigenvalue weighted by Gasteiger charge is 2.28. The van der Waals surface area contributed by atoms with Gasteiger partial charge in [-0.1, -0.05) is 6.92 Å². The van der Waals surface area contributed by atoms with Crippen molar-refractivity contribution in [3.05, 3.63) is 0 Å². The molecule has 0 spiro atoms. The van der Waals surface area contributed by atoms with Gasteiger partial charge in [-0.3, -0.25) is 4.79 Å². The molecule has 1 fully saturated rings. The van der Waals surface area contributed by atoms with E-state index in [0.717, 1.165) is 6.42 Å². The molecule has 2 atom stereocenters. The van der Waals surface area contributed by atoms with E-state index in [2.05, 4.69) is 6.92 Å².